The fourth-order valence-corrected chi connectivity index (χ4v) is 1.62. The minimum absolute atomic E-state index is 0.457. The molecule has 0 radical (unpaired) electrons. The molecule has 0 saturated carbocycles. The van der Waals surface area contributed by atoms with Crippen LogP contribution in [0.2, 0.25) is 0 Å². The summed E-state index contributed by atoms with van der Waals surface area (Å²) >= 11 is 0. The van der Waals surface area contributed by atoms with Gasteiger partial charge >= 0.3 is 0 Å². The molecule has 3 heteroatoms. The van der Waals surface area contributed by atoms with Gasteiger partial charge in [0, 0.05) is 11.8 Å². The highest BCUT2D eigenvalue weighted by Gasteiger charge is 2.00. The molecule has 16 heavy (non-hydrogen) atoms. The van der Waals surface area contributed by atoms with Crippen LogP contribution in [-0.4, -0.2) is 11.5 Å². The Morgan fingerprint density at radius 3 is 2.69 bits per heavy atom. The number of nitrogens with zero attached hydrogens (tertiary/aromatic N) is 1. The van der Waals surface area contributed by atoms with Gasteiger partial charge in [-0.2, -0.15) is 4.39 Å². The molecule has 0 unspecified atom stereocenters. The van der Waals surface area contributed by atoms with E-state index < -0.39 is 5.95 Å². The van der Waals surface area contributed by atoms with E-state index in [1.54, 1.807) is 6.07 Å². The highest BCUT2D eigenvalue weighted by atomic mass is 19.1. The normalized spacial score (nSPS) is 10.4. The van der Waals surface area contributed by atoms with Gasteiger partial charge in [-0.1, -0.05) is 24.3 Å². The van der Waals surface area contributed by atoms with E-state index in [1.807, 2.05) is 18.2 Å². The van der Waals surface area contributed by atoms with Crippen molar-refractivity contribution < 1.29 is 4.39 Å². The molecule has 0 atom stereocenters. The number of benzene rings is 1. The number of pyridine rings is 1. The zero-order valence-electron chi connectivity index (χ0n) is 8.86. The maximum atomic E-state index is 12.7. The molecular weight excluding hydrogens is 203 g/mol. The lowest BCUT2D eigenvalue weighted by Crippen LogP contribution is -2.02. The van der Waals surface area contributed by atoms with Crippen LogP contribution >= 0.6 is 0 Å². The summed E-state index contributed by atoms with van der Waals surface area (Å²) in [6.07, 6.45) is 2.39. The third-order valence-electron chi connectivity index (χ3n) is 2.42. The Bertz CT molecular complexity index is 466. The molecule has 0 fully saturated rings. The van der Waals surface area contributed by atoms with Gasteiger partial charge in [0.15, 0.2) is 0 Å². The molecule has 1 aromatic carbocycles. The van der Waals surface area contributed by atoms with Crippen molar-refractivity contribution >= 4 is 0 Å². The van der Waals surface area contributed by atoms with E-state index in [2.05, 4.69) is 11.1 Å². The van der Waals surface area contributed by atoms with E-state index in [-0.39, 0.29) is 0 Å². The third-order valence-corrected chi connectivity index (χ3v) is 2.42. The molecule has 0 spiro atoms. The van der Waals surface area contributed by atoms with Gasteiger partial charge in [0.25, 0.3) is 0 Å². The largest absolute Gasteiger partial charge is 0.330 e. The van der Waals surface area contributed by atoms with Gasteiger partial charge < -0.3 is 5.73 Å². The highest BCUT2D eigenvalue weighted by molar-refractivity contribution is 5.62. The molecule has 2 nitrogen and oxygen atoms in total. The van der Waals surface area contributed by atoms with Crippen molar-refractivity contribution in [1.29, 1.82) is 0 Å². The van der Waals surface area contributed by atoms with E-state index in [4.69, 9.17) is 5.73 Å². The standard InChI is InChI=1S/C13H13FN2/c14-13-5-4-12(9-16-13)11-3-1-2-10(8-11)6-7-15/h1-5,8-9H,6-7,15H2. The summed E-state index contributed by atoms with van der Waals surface area (Å²) in [5.74, 6) is -0.457. The number of rotatable bonds is 3. The van der Waals surface area contributed by atoms with Crippen LogP contribution in [0.1, 0.15) is 5.56 Å². The summed E-state index contributed by atoms with van der Waals surface area (Å²) in [5.41, 5.74) is 8.65. The molecule has 0 bridgehead atoms. The zero-order chi connectivity index (χ0) is 11.4. The Morgan fingerprint density at radius 1 is 1.12 bits per heavy atom. The first-order chi connectivity index (χ1) is 7.79. The van der Waals surface area contributed by atoms with Crippen molar-refractivity contribution in [1.82, 2.24) is 4.98 Å². The Balaban J connectivity index is 2.32. The fourth-order valence-electron chi connectivity index (χ4n) is 1.62. The van der Waals surface area contributed by atoms with Crippen molar-refractivity contribution in [2.75, 3.05) is 6.54 Å². The van der Waals surface area contributed by atoms with Gasteiger partial charge in [0.2, 0.25) is 5.95 Å². The summed E-state index contributed by atoms with van der Waals surface area (Å²) < 4.78 is 12.7. The summed E-state index contributed by atoms with van der Waals surface area (Å²) in [4.78, 5) is 3.64. The summed E-state index contributed by atoms with van der Waals surface area (Å²) in [7, 11) is 0. The molecule has 82 valence electrons. The first-order valence-corrected chi connectivity index (χ1v) is 5.20. The second-order valence-electron chi connectivity index (χ2n) is 3.61. The molecule has 2 aromatic rings. The van der Waals surface area contributed by atoms with Crippen molar-refractivity contribution in [2.45, 2.75) is 6.42 Å². The number of halogens is 1. The Morgan fingerprint density at radius 2 is 2.00 bits per heavy atom. The van der Waals surface area contributed by atoms with E-state index in [9.17, 15) is 4.39 Å². The molecule has 0 aliphatic heterocycles. The second-order valence-corrected chi connectivity index (χ2v) is 3.61. The molecule has 1 heterocycles. The predicted molar refractivity (Wildman–Crippen MR) is 62.4 cm³/mol. The van der Waals surface area contributed by atoms with E-state index >= 15 is 0 Å². The molecule has 2 N–H and O–H groups in total. The lowest BCUT2D eigenvalue weighted by atomic mass is 10.0. The van der Waals surface area contributed by atoms with E-state index in [0.717, 1.165) is 17.5 Å². The van der Waals surface area contributed by atoms with Crippen molar-refractivity contribution in [2.24, 2.45) is 5.73 Å². The topological polar surface area (TPSA) is 38.9 Å². The van der Waals surface area contributed by atoms with Gasteiger partial charge in [-0.05, 0) is 36.2 Å². The van der Waals surface area contributed by atoms with E-state index in [1.165, 1.54) is 17.8 Å². The Kier molecular flexibility index (Phi) is 3.27. The maximum absolute atomic E-state index is 12.7. The lowest BCUT2D eigenvalue weighted by molar-refractivity contribution is 0.584. The number of hydrogen-bond donors (Lipinski definition) is 1. The zero-order valence-corrected chi connectivity index (χ0v) is 8.86. The van der Waals surface area contributed by atoms with Crippen molar-refractivity contribution in [3.8, 4) is 11.1 Å². The summed E-state index contributed by atoms with van der Waals surface area (Å²) in [5, 5.41) is 0. The Labute approximate surface area is 93.9 Å². The number of aromatic nitrogens is 1. The number of hydrogen-bond acceptors (Lipinski definition) is 2. The summed E-state index contributed by atoms with van der Waals surface area (Å²) in [6.45, 7) is 0.630. The minimum atomic E-state index is -0.457. The Hall–Kier alpha value is -1.74. The first-order valence-electron chi connectivity index (χ1n) is 5.20. The van der Waals surface area contributed by atoms with Gasteiger partial charge in [-0.25, -0.2) is 4.98 Å². The van der Waals surface area contributed by atoms with Crippen LogP contribution in [-0.2, 0) is 6.42 Å². The third kappa shape index (κ3) is 2.44. The van der Waals surface area contributed by atoms with Gasteiger partial charge in [0.05, 0.1) is 0 Å². The van der Waals surface area contributed by atoms with Crippen LogP contribution in [0.4, 0.5) is 4.39 Å². The lowest BCUT2D eigenvalue weighted by Gasteiger charge is -2.04. The van der Waals surface area contributed by atoms with Crippen LogP contribution in [0.3, 0.4) is 0 Å². The van der Waals surface area contributed by atoms with Gasteiger partial charge in [-0.15, -0.1) is 0 Å². The van der Waals surface area contributed by atoms with Crippen molar-refractivity contribution in [3.63, 3.8) is 0 Å². The molecule has 2 rings (SSSR count). The number of nitrogens with two attached hydrogens (primary N) is 1. The molecule has 0 saturated heterocycles. The van der Waals surface area contributed by atoms with E-state index in [0.29, 0.717) is 6.54 Å². The smallest absolute Gasteiger partial charge is 0.212 e. The molecule has 0 amide bonds. The van der Waals surface area contributed by atoms with Crippen LogP contribution in [0.25, 0.3) is 11.1 Å². The fraction of sp³-hybridized carbons (Fsp3) is 0.154. The van der Waals surface area contributed by atoms with Crippen molar-refractivity contribution in [3.05, 3.63) is 54.1 Å². The monoisotopic (exact) mass is 216 g/mol. The molecule has 1 aromatic heterocycles. The van der Waals surface area contributed by atoms with Crippen LogP contribution < -0.4 is 5.73 Å². The minimum Gasteiger partial charge on any atom is -0.330 e. The maximum Gasteiger partial charge on any atom is 0.212 e. The average Bonchev–Trinajstić information content (AvgIpc) is 2.31. The predicted octanol–water partition coefficient (Wildman–Crippen LogP) is 2.39. The van der Waals surface area contributed by atoms with Crippen LogP contribution in [0.5, 0.6) is 0 Å². The molecular formula is C13H13FN2. The average molecular weight is 216 g/mol. The molecule has 0 aliphatic rings. The van der Waals surface area contributed by atoms with Gasteiger partial charge in [0.1, 0.15) is 0 Å². The first kappa shape index (κ1) is 10.8. The quantitative estimate of drug-likeness (QED) is 0.800. The highest BCUT2D eigenvalue weighted by Crippen LogP contribution is 2.19. The molecule has 0 aliphatic carbocycles. The SMILES string of the molecule is NCCc1cccc(-c2ccc(F)nc2)c1. The second kappa shape index (κ2) is 4.86. The van der Waals surface area contributed by atoms with Crippen LogP contribution in [0.15, 0.2) is 42.6 Å². The summed E-state index contributed by atoms with van der Waals surface area (Å²) in [6, 6.07) is 11.1. The van der Waals surface area contributed by atoms with Crippen LogP contribution in [0, 0.1) is 5.95 Å². The van der Waals surface area contributed by atoms with Gasteiger partial charge in [-0.3, -0.25) is 0 Å².